The van der Waals surface area contributed by atoms with E-state index in [4.69, 9.17) is 0 Å². The van der Waals surface area contributed by atoms with Crippen LogP contribution < -0.4 is 0 Å². The van der Waals surface area contributed by atoms with Crippen molar-refractivity contribution in [2.24, 2.45) is 0 Å². The van der Waals surface area contributed by atoms with Gasteiger partial charge < -0.3 is 4.74 Å². The largest absolute Gasteiger partial charge is 0.414 e. The molecule has 1 aromatic rings. The van der Waals surface area contributed by atoms with E-state index in [1.54, 1.807) is 11.4 Å². The summed E-state index contributed by atoms with van der Waals surface area (Å²) < 4.78 is 41.6. The van der Waals surface area contributed by atoms with Crippen molar-refractivity contribution in [2.75, 3.05) is 0 Å². The summed E-state index contributed by atoms with van der Waals surface area (Å²) in [5, 5.41) is 1.79. The van der Waals surface area contributed by atoms with Gasteiger partial charge >= 0.3 is 6.18 Å². The van der Waals surface area contributed by atoms with Gasteiger partial charge in [-0.15, -0.1) is 11.3 Å². The maximum Gasteiger partial charge on any atom is 0.414 e. The topological polar surface area (TPSA) is 9.23 Å². The quantitative estimate of drug-likeness (QED) is 0.818. The van der Waals surface area contributed by atoms with Gasteiger partial charge in [-0.3, -0.25) is 0 Å². The van der Waals surface area contributed by atoms with E-state index in [0.29, 0.717) is 0 Å². The molecule has 0 amide bonds. The SMILES string of the molecule is CC(OCc1sccc1Br)C(F)(F)F. The summed E-state index contributed by atoms with van der Waals surface area (Å²) in [6.45, 7) is 0.987. The molecule has 0 aromatic carbocycles. The van der Waals surface area contributed by atoms with Crippen molar-refractivity contribution >= 4 is 27.3 Å². The molecular formula is C8H8BrF3OS. The van der Waals surface area contributed by atoms with E-state index >= 15 is 0 Å². The van der Waals surface area contributed by atoms with Crippen LogP contribution in [0.3, 0.4) is 0 Å². The third-order valence-electron chi connectivity index (χ3n) is 1.62. The molecule has 0 saturated heterocycles. The second kappa shape index (κ2) is 4.63. The number of thiophene rings is 1. The molecule has 0 bridgehead atoms. The van der Waals surface area contributed by atoms with E-state index in [-0.39, 0.29) is 6.61 Å². The van der Waals surface area contributed by atoms with Gasteiger partial charge in [0, 0.05) is 9.35 Å². The Morgan fingerprint density at radius 3 is 2.64 bits per heavy atom. The van der Waals surface area contributed by atoms with Crippen LogP contribution in [0.15, 0.2) is 15.9 Å². The number of alkyl halides is 3. The van der Waals surface area contributed by atoms with Crippen LogP contribution in [0.25, 0.3) is 0 Å². The van der Waals surface area contributed by atoms with E-state index < -0.39 is 12.3 Å². The third-order valence-corrected chi connectivity index (χ3v) is 3.52. The monoisotopic (exact) mass is 288 g/mol. The molecule has 0 aliphatic rings. The highest BCUT2D eigenvalue weighted by Crippen LogP contribution is 2.27. The number of halogens is 4. The number of ether oxygens (including phenoxy) is 1. The first kappa shape index (κ1) is 12.0. The van der Waals surface area contributed by atoms with Gasteiger partial charge in [-0.2, -0.15) is 13.2 Å². The average molecular weight is 289 g/mol. The van der Waals surface area contributed by atoms with E-state index in [1.807, 2.05) is 0 Å². The van der Waals surface area contributed by atoms with Crippen molar-refractivity contribution in [1.82, 2.24) is 0 Å². The highest BCUT2D eigenvalue weighted by Gasteiger charge is 2.36. The predicted molar refractivity (Wildman–Crippen MR) is 52.3 cm³/mol. The summed E-state index contributed by atoms with van der Waals surface area (Å²) >= 11 is 4.58. The highest BCUT2D eigenvalue weighted by atomic mass is 79.9. The normalized spacial score (nSPS) is 14.4. The van der Waals surface area contributed by atoms with Crippen LogP contribution in [0.1, 0.15) is 11.8 Å². The molecule has 0 aliphatic heterocycles. The Bertz CT molecular complexity index is 297. The molecule has 0 spiro atoms. The summed E-state index contributed by atoms with van der Waals surface area (Å²) in [4.78, 5) is 0.765. The zero-order valence-corrected chi connectivity index (χ0v) is 9.67. The van der Waals surface area contributed by atoms with Crippen molar-refractivity contribution in [3.8, 4) is 0 Å². The standard InChI is InChI=1S/C8H8BrF3OS/c1-5(8(10,11)12)13-4-7-6(9)2-3-14-7/h2-3,5H,4H2,1H3. The van der Waals surface area contributed by atoms with Crippen molar-refractivity contribution in [2.45, 2.75) is 25.8 Å². The Balaban J connectivity index is 2.46. The van der Waals surface area contributed by atoms with Crippen LogP contribution >= 0.6 is 27.3 Å². The van der Waals surface area contributed by atoms with Gasteiger partial charge in [-0.25, -0.2) is 0 Å². The molecule has 6 heteroatoms. The minimum Gasteiger partial charge on any atom is -0.364 e. The van der Waals surface area contributed by atoms with Gasteiger partial charge in [0.1, 0.15) is 0 Å². The predicted octanol–water partition coefficient (Wildman–Crippen LogP) is 3.98. The van der Waals surface area contributed by atoms with Crippen LogP contribution in [-0.4, -0.2) is 12.3 Å². The molecule has 0 radical (unpaired) electrons. The van der Waals surface area contributed by atoms with Gasteiger partial charge in [-0.1, -0.05) is 0 Å². The highest BCUT2D eigenvalue weighted by molar-refractivity contribution is 9.10. The first-order chi connectivity index (χ1) is 6.41. The lowest BCUT2D eigenvalue weighted by atomic mass is 10.4. The first-order valence-electron chi connectivity index (χ1n) is 3.81. The first-order valence-corrected chi connectivity index (χ1v) is 5.48. The molecule has 1 unspecified atom stereocenters. The zero-order chi connectivity index (χ0) is 10.8. The lowest BCUT2D eigenvalue weighted by molar-refractivity contribution is -0.217. The summed E-state index contributed by atoms with van der Waals surface area (Å²) in [5.74, 6) is 0. The van der Waals surface area contributed by atoms with Crippen LogP contribution in [0.4, 0.5) is 13.2 Å². The molecule has 1 nitrogen and oxygen atoms in total. The summed E-state index contributed by atoms with van der Waals surface area (Å²) in [5.41, 5.74) is 0. The number of hydrogen-bond donors (Lipinski definition) is 0. The number of rotatable bonds is 3. The molecule has 0 saturated carbocycles. The van der Waals surface area contributed by atoms with Crippen molar-refractivity contribution < 1.29 is 17.9 Å². The van der Waals surface area contributed by atoms with E-state index in [2.05, 4.69) is 20.7 Å². The fraction of sp³-hybridized carbons (Fsp3) is 0.500. The second-order valence-corrected chi connectivity index (χ2v) is 4.54. The Morgan fingerprint density at radius 1 is 1.57 bits per heavy atom. The molecular weight excluding hydrogens is 281 g/mol. The summed E-state index contributed by atoms with van der Waals surface area (Å²) in [7, 11) is 0. The second-order valence-electron chi connectivity index (χ2n) is 2.69. The fourth-order valence-corrected chi connectivity index (χ4v) is 2.11. The van der Waals surface area contributed by atoms with Crippen molar-refractivity contribution in [3.05, 3.63) is 20.8 Å². The summed E-state index contributed by atoms with van der Waals surface area (Å²) in [6.07, 6.45) is -6.01. The number of hydrogen-bond acceptors (Lipinski definition) is 2. The van der Waals surface area contributed by atoms with Gasteiger partial charge in [0.25, 0.3) is 0 Å². The molecule has 0 fully saturated rings. The lowest BCUT2D eigenvalue weighted by Crippen LogP contribution is -2.28. The smallest absolute Gasteiger partial charge is 0.364 e. The molecule has 14 heavy (non-hydrogen) atoms. The van der Waals surface area contributed by atoms with Gasteiger partial charge in [0.05, 0.1) is 6.61 Å². The summed E-state index contributed by atoms with van der Waals surface area (Å²) in [6, 6.07) is 1.78. The Labute approximate surface area is 92.0 Å². The molecule has 0 N–H and O–H groups in total. The maximum atomic E-state index is 12.0. The molecule has 1 rings (SSSR count). The molecule has 80 valence electrons. The fourth-order valence-electron chi connectivity index (χ4n) is 0.723. The Morgan fingerprint density at radius 2 is 2.21 bits per heavy atom. The van der Waals surface area contributed by atoms with Crippen LogP contribution in [-0.2, 0) is 11.3 Å². The Kier molecular flexibility index (Phi) is 3.97. The van der Waals surface area contributed by atoms with Gasteiger partial charge in [0.15, 0.2) is 6.10 Å². The van der Waals surface area contributed by atoms with Crippen LogP contribution in [0, 0.1) is 0 Å². The van der Waals surface area contributed by atoms with Crippen molar-refractivity contribution in [3.63, 3.8) is 0 Å². The van der Waals surface area contributed by atoms with Crippen LogP contribution in [0.2, 0.25) is 0 Å². The molecule has 0 aliphatic carbocycles. The molecule has 1 heterocycles. The van der Waals surface area contributed by atoms with E-state index in [9.17, 15) is 13.2 Å². The van der Waals surface area contributed by atoms with Crippen LogP contribution in [0.5, 0.6) is 0 Å². The van der Waals surface area contributed by atoms with Gasteiger partial charge in [0.2, 0.25) is 0 Å². The molecule has 1 atom stereocenters. The van der Waals surface area contributed by atoms with E-state index in [0.717, 1.165) is 16.3 Å². The molecule has 1 aromatic heterocycles. The third kappa shape index (κ3) is 3.25. The maximum absolute atomic E-state index is 12.0. The Hall–Kier alpha value is -0.0700. The lowest BCUT2D eigenvalue weighted by Gasteiger charge is -2.15. The van der Waals surface area contributed by atoms with E-state index in [1.165, 1.54) is 11.3 Å². The minimum absolute atomic E-state index is 0.0150. The minimum atomic E-state index is -4.29. The van der Waals surface area contributed by atoms with Gasteiger partial charge in [-0.05, 0) is 34.3 Å². The zero-order valence-electron chi connectivity index (χ0n) is 7.27. The average Bonchev–Trinajstić information content (AvgIpc) is 2.45. The van der Waals surface area contributed by atoms with Crippen molar-refractivity contribution in [1.29, 1.82) is 0 Å².